The van der Waals surface area contributed by atoms with Gasteiger partial charge in [-0.1, -0.05) is 24.3 Å². The van der Waals surface area contributed by atoms with Gasteiger partial charge in [-0.15, -0.1) is 0 Å². The second-order valence-corrected chi connectivity index (χ2v) is 5.04. The van der Waals surface area contributed by atoms with Crippen LogP contribution in [0.4, 0.5) is 5.82 Å². The standard InChI is InChI=1S/C13H11BrN4O/c14-10-8-18-11(6-15-10)16-7-12(18)17-13(19)9-4-2-1-3-5-9/h1-4,6-9H,5H2,(H,17,19). The first-order valence-corrected chi connectivity index (χ1v) is 6.66. The molecule has 0 radical (unpaired) electrons. The lowest BCUT2D eigenvalue weighted by Gasteiger charge is -2.12. The summed E-state index contributed by atoms with van der Waals surface area (Å²) < 4.78 is 2.48. The van der Waals surface area contributed by atoms with Crippen molar-refractivity contribution in [3.05, 3.63) is 47.5 Å². The Labute approximate surface area is 118 Å². The van der Waals surface area contributed by atoms with Gasteiger partial charge in [-0.25, -0.2) is 9.97 Å². The smallest absolute Gasteiger partial charge is 0.232 e. The number of halogens is 1. The summed E-state index contributed by atoms with van der Waals surface area (Å²) in [5.74, 6) is 0.488. The van der Waals surface area contributed by atoms with Gasteiger partial charge in [0.15, 0.2) is 5.65 Å². The predicted molar refractivity (Wildman–Crippen MR) is 75.7 cm³/mol. The molecular weight excluding hydrogens is 308 g/mol. The summed E-state index contributed by atoms with van der Waals surface area (Å²) in [6.45, 7) is 0. The summed E-state index contributed by atoms with van der Waals surface area (Å²) in [5.41, 5.74) is 0.692. The highest BCUT2D eigenvalue weighted by Crippen LogP contribution is 2.17. The summed E-state index contributed by atoms with van der Waals surface area (Å²) in [7, 11) is 0. The van der Waals surface area contributed by atoms with Gasteiger partial charge >= 0.3 is 0 Å². The van der Waals surface area contributed by atoms with Crippen LogP contribution in [0.15, 0.2) is 47.5 Å². The van der Waals surface area contributed by atoms with Crippen molar-refractivity contribution in [1.29, 1.82) is 0 Å². The molecule has 19 heavy (non-hydrogen) atoms. The Hall–Kier alpha value is -1.95. The highest BCUT2D eigenvalue weighted by molar-refractivity contribution is 9.10. The maximum Gasteiger partial charge on any atom is 0.232 e. The lowest BCUT2D eigenvalue weighted by molar-refractivity contribution is -0.118. The van der Waals surface area contributed by atoms with Gasteiger partial charge in [0.05, 0.1) is 18.3 Å². The first-order chi connectivity index (χ1) is 9.24. The molecule has 0 saturated heterocycles. The van der Waals surface area contributed by atoms with Crippen LogP contribution in [0.5, 0.6) is 0 Å². The zero-order valence-electron chi connectivity index (χ0n) is 9.95. The summed E-state index contributed by atoms with van der Waals surface area (Å²) in [5, 5.41) is 2.89. The third kappa shape index (κ3) is 2.44. The predicted octanol–water partition coefficient (Wildman–Crippen LogP) is 2.56. The third-order valence-electron chi connectivity index (χ3n) is 2.93. The highest BCUT2D eigenvalue weighted by atomic mass is 79.9. The largest absolute Gasteiger partial charge is 0.310 e. The third-order valence-corrected chi connectivity index (χ3v) is 3.34. The molecule has 3 rings (SSSR count). The lowest BCUT2D eigenvalue weighted by atomic mass is 10.0. The molecule has 1 aliphatic rings. The first-order valence-electron chi connectivity index (χ1n) is 5.87. The minimum atomic E-state index is -0.124. The summed E-state index contributed by atoms with van der Waals surface area (Å²) in [6.07, 6.45) is 13.5. The zero-order valence-corrected chi connectivity index (χ0v) is 11.5. The number of anilines is 1. The maximum absolute atomic E-state index is 12.1. The van der Waals surface area contributed by atoms with Crippen molar-refractivity contribution >= 4 is 33.3 Å². The quantitative estimate of drug-likeness (QED) is 0.925. The van der Waals surface area contributed by atoms with Gasteiger partial charge in [-0.2, -0.15) is 0 Å². The molecule has 2 aromatic heterocycles. The zero-order chi connectivity index (χ0) is 13.2. The number of allylic oxidation sites excluding steroid dienone is 3. The van der Waals surface area contributed by atoms with Gasteiger partial charge in [0.25, 0.3) is 0 Å². The first kappa shape index (κ1) is 12.1. The van der Waals surface area contributed by atoms with Crippen molar-refractivity contribution in [2.45, 2.75) is 6.42 Å². The van der Waals surface area contributed by atoms with Crippen LogP contribution < -0.4 is 5.32 Å². The van der Waals surface area contributed by atoms with Crippen LogP contribution in [-0.2, 0) is 4.79 Å². The molecule has 2 heterocycles. The van der Waals surface area contributed by atoms with Gasteiger partial charge in [0.1, 0.15) is 10.4 Å². The molecule has 0 saturated carbocycles. The monoisotopic (exact) mass is 318 g/mol. The molecule has 0 fully saturated rings. The molecule has 0 aliphatic heterocycles. The fraction of sp³-hybridized carbons (Fsp3) is 0.154. The number of fused-ring (bicyclic) bond motifs is 1. The molecule has 2 aromatic rings. The number of amides is 1. The number of carbonyl (C=O) groups is 1. The van der Waals surface area contributed by atoms with Crippen LogP contribution in [0.3, 0.4) is 0 Å². The minimum Gasteiger partial charge on any atom is -0.310 e. The maximum atomic E-state index is 12.1. The van der Waals surface area contributed by atoms with Gasteiger partial charge in [-0.05, 0) is 22.4 Å². The van der Waals surface area contributed by atoms with Gasteiger partial charge in [0, 0.05) is 6.20 Å². The van der Waals surface area contributed by atoms with Crippen LogP contribution in [-0.4, -0.2) is 20.3 Å². The van der Waals surface area contributed by atoms with E-state index >= 15 is 0 Å². The number of rotatable bonds is 2. The van der Waals surface area contributed by atoms with Crippen LogP contribution in [0.1, 0.15) is 6.42 Å². The van der Waals surface area contributed by atoms with Crippen LogP contribution in [0, 0.1) is 5.92 Å². The Kier molecular flexibility index (Phi) is 3.16. The highest BCUT2D eigenvalue weighted by Gasteiger charge is 2.17. The van der Waals surface area contributed by atoms with Crippen LogP contribution >= 0.6 is 15.9 Å². The molecular formula is C13H11BrN4O. The number of nitrogens with zero attached hydrogens (tertiary/aromatic N) is 3. The minimum absolute atomic E-state index is 0.0321. The van der Waals surface area contributed by atoms with E-state index in [-0.39, 0.29) is 11.8 Å². The van der Waals surface area contributed by atoms with E-state index in [1.807, 2.05) is 24.3 Å². The number of imidazole rings is 1. The number of aromatic nitrogens is 3. The van der Waals surface area contributed by atoms with E-state index in [0.29, 0.717) is 16.1 Å². The van der Waals surface area contributed by atoms with E-state index in [1.165, 1.54) is 0 Å². The molecule has 1 aliphatic carbocycles. The Morgan fingerprint density at radius 2 is 2.26 bits per heavy atom. The molecule has 0 bridgehead atoms. The van der Waals surface area contributed by atoms with Crippen molar-refractivity contribution in [1.82, 2.24) is 14.4 Å². The second kappa shape index (κ2) is 4.97. The average molecular weight is 319 g/mol. The summed E-state index contributed by atoms with van der Waals surface area (Å²) in [6, 6.07) is 0. The van der Waals surface area contributed by atoms with E-state index in [4.69, 9.17) is 0 Å². The Bertz CT molecular complexity index is 689. The van der Waals surface area contributed by atoms with E-state index in [0.717, 1.165) is 6.42 Å². The molecule has 1 amide bonds. The molecule has 0 aromatic carbocycles. The average Bonchev–Trinajstić information content (AvgIpc) is 2.82. The van der Waals surface area contributed by atoms with Crippen LogP contribution in [0.2, 0.25) is 0 Å². The number of carbonyl (C=O) groups excluding carboxylic acids is 1. The fourth-order valence-corrected chi connectivity index (χ4v) is 2.26. The number of hydrogen-bond donors (Lipinski definition) is 1. The Balaban J connectivity index is 1.85. The van der Waals surface area contributed by atoms with E-state index < -0.39 is 0 Å². The number of nitrogens with one attached hydrogen (secondary N) is 1. The molecule has 6 heteroatoms. The SMILES string of the molecule is O=C(Nc1cnc2cnc(Br)cn12)C1C=CC=CC1. The molecule has 1 N–H and O–H groups in total. The molecule has 0 spiro atoms. The fourth-order valence-electron chi connectivity index (χ4n) is 1.95. The van der Waals surface area contributed by atoms with Crippen molar-refractivity contribution in [2.75, 3.05) is 5.32 Å². The summed E-state index contributed by atoms with van der Waals surface area (Å²) >= 11 is 3.30. The topological polar surface area (TPSA) is 59.3 Å². The van der Waals surface area contributed by atoms with Crippen molar-refractivity contribution < 1.29 is 4.79 Å². The van der Waals surface area contributed by atoms with Crippen molar-refractivity contribution in [3.63, 3.8) is 0 Å². The van der Waals surface area contributed by atoms with Gasteiger partial charge in [0.2, 0.25) is 5.91 Å². The van der Waals surface area contributed by atoms with Gasteiger partial charge < -0.3 is 5.32 Å². The molecule has 1 atom stereocenters. The van der Waals surface area contributed by atoms with Crippen molar-refractivity contribution in [2.24, 2.45) is 5.92 Å². The Morgan fingerprint density at radius 3 is 3.05 bits per heavy atom. The van der Waals surface area contributed by atoms with E-state index in [2.05, 4.69) is 31.2 Å². The number of hydrogen-bond acceptors (Lipinski definition) is 3. The van der Waals surface area contributed by atoms with E-state index in [9.17, 15) is 4.79 Å². The second-order valence-electron chi connectivity index (χ2n) is 4.23. The van der Waals surface area contributed by atoms with Gasteiger partial charge in [-0.3, -0.25) is 9.20 Å². The Morgan fingerprint density at radius 1 is 1.37 bits per heavy atom. The summed E-state index contributed by atoms with van der Waals surface area (Å²) in [4.78, 5) is 20.4. The normalized spacial score (nSPS) is 17.8. The van der Waals surface area contributed by atoms with Crippen LogP contribution in [0.25, 0.3) is 5.65 Å². The van der Waals surface area contributed by atoms with Crippen molar-refractivity contribution in [3.8, 4) is 0 Å². The molecule has 96 valence electrons. The lowest BCUT2D eigenvalue weighted by Crippen LogP contribution is -2.22. The van der Waals surface area contributed by atoms with E-state index in [1.54, 1.807) is 23.0 Å². The molecule has 5 nitrogen and oxygen atoms in total. The molecule has 1 unspecified atom stereocenters.